The van der Waals surface area contributed by atoms with Gasteiger partial charge in [0, 0.05) is 12.6 Å². The van der Waals surface area contributed by atoms with Crippen molar-refractivity contribution >= 4 is 0 Å². The lowest BCUT2D eigenvalue weighted by molar-refractivity contribution is 0.173. The molecule has 1 aromatic carbocycles. The maximum Gasteiger partial charge on any atom is 0.0424 e. The number of hydrogen-bond donors (Lipinski definition) is 1. The van der Waals surface area contributed by atoms with Gasteiger partial charge in [-0.2, -0.15) is 0 Å². The minimum Gasteiger partial charge on any atom is -0.323 e. The Morgan fingerprint density at radius 2 is 1.76 bits per heavy atom. The first-order chi connectivity index (χ1) is 10.1. The van der Waals surface area contributed by atoms with E-state index in [-0.39, 0.29) is 6.04 Å². The van der Waals surface area contributed by atoms with Crippen LogP contribution in [0.15, 0.2) is 24.3 Å². The van der Waals surface area contributed by atoms with Crippen molar-refractivity contribution in [2.75, 3.05) is 19.6 Å². The molecule has 0 aliphatic carbocycles. The lowest BCUT2D eigenvalue weighted by atomic mass is 9.93. The molecule has 0 bridgehead atoms. The van der Waals surface area contributed by atoms with Crippen molar-refractivity contribution in [3.05, 3.63) is 35.4 Å². The topological polar surface area (TPSA) is 29.3 Å². The third kappa shape index (κ3) is 5.12. The fourth-order valence-corrected chi connectivity index (χ4v) is 3.33. The lowest BCUT2D eigenvalue weighted by Crippen LogP contribution is -2.38. The highest BCUT2D eigenvalue weighted by Crippen LogP contribution is 2.22. The van der Waals surface area contributed by atoms with Gasteiger partial charge < -0.3 is 10.6 Å². The molecule has 0 aromatic heterocycles. The van der Waals surface area contributed by atoms with Gasteiger partial charge in [-0.3, -0.25) is 0 Å². The predicted octanol–water partition coefficient (Wildman–Crippen LogP) is 4.01. The summed E-state index contributed by atoms with van der Waals surface area (Å²) in [4.78, 5) is 2.54. The third-order valence-corrected chi connectivity index (χ3v) is 4.79. The number of likely N-dealkylation sites (tertiary alicyclic amines) is 1. The van der Waals surface area contributed by atoms with Gasteiger partial charge in [0.1, 0.15) is 0 Å². The molecular formula is C19H32N2. The van der Waals surface area contributed by atoms with Gasteiger partial charge in [-0.15, -0.1) is 0 Å². The number of hydrogen-bond acceptors (Lipinski definition) is 2. The monoisotopic (exact) mass is 288 g/mol. The van der Waals surface area contributed by atoms with Crippen LogP contribution < -0.4 is 5.73 Å². The summed E-state index contributed by atoms with van der Waals surface area (Å²) in [5.41, 5.74) is 9.10. The van der Waals surface area contributed by atoms with Crippen LogP contribution in [0.5, 0.6) is 0 Å². The molecule has 2 nitrogen and oxygen atoms in total. The molecule has 1 atom stereocenters. The second kappa shape index (κ2) is 7.95. The highest BCUT2D eigenvalue weighted by Gasteiger charge is 2.19. The van der Waals surface area contributed by atoms with E-state index in [1.807, 2.05) is 0 Å². The molecule has 2 heteroatoms. The molecule has 1 fully saturated rings. The minimum absolute atomic E-state index is 0.149. The quantitative estimate of drug-likeness (QED) is 0.857. The zero-order chi connectivity index (χ0) is 15.2. The molecule has 1 aromatic rings. The van der Waals surface area contributed by atoms with Crippen LogP contribution in [0.1, 0.15) is 57.2 Å². The Balaban J connectivity index is 1.84. The zero-order valence-corrected chi connectivity index (χ0v) is 14.0. The largest absolute Gasteiger partial charge is 0.323 e. The van der Waals surface area contributed by atoms with Gasteiger partial charge in [0.05, 0.1) is 0 Å². The van der Waals surface area contributed by atoms with Gasteiger partial charge in [0.15, 0.2) is 0 Å². The SMILES string of the molecule is CCC1CCN(CC(N)c2ccc(CC(C)C)cc2)CC1. The first kappa shape index (κ1) is 16.5. The van der Waals surface area contributed by atoms with E-state index < -0.39 is 0 Å². The minimum atomic E-state index is 0.149. The average molecular weight is 288 g/mol. The summed E-state index contributed by atoms with van der Waals surface area (Å²) >= 11 is 0. The Labute approximate surface area is 130 Å². The van der Waals surface area contributed by atoms with E-state index in [0.717, 1.165) is 18.9 Å². The molecular weight excluding hydrogens is 256 g/mol. The number of piperidine rings is 1. The molecule has 1 unspecified atom stereocenters. The van der Waals surface area contributed by atoms with Crippen molar-refractivity contribution in [2.45, 2.75) is 52.5 Å². The summed E-state index contributed by atoms with van der Waals surface area (Å²) < 4.78 is 0. The van der Waals surface area contributed by atoms with Gasteiger partial charge >= 0.3 is 0 Å². The van der Waals surface area contributed by atoms with E-state index in [1.165, 1.54) is 43.5 Å². The summed E-state index contributed by atoms with van der Waals surface area (Å²) in [6.07, 6.45) is 5.17. The van der Waals surface area contributed by atoms with E-state index in [1.54, 1.807) is 0 Å². The zero-order valence-electron chi connectivity index (χ0n) is 14.0. The predicted molar refractivity (Wildman–Crippen MR) is 91.4 cm³/mol. The Morgan fingerprint density at radius 3 is 2.29 bits per heavy atom. The second-order valence-electron chi connectivity index (χ2n) is 7.10. The molecule has 1 saturated heterocycles. The highest BCUT2D eigenvalue weighted by atomic mass is 15.1. The van der Waals surface area contributed by atoms with Crippen molar-refractivity contribution in [1.82, 2.24) is 4.90 Å². The second-order valence-corrected chi connectivity index (χ2v) is 7.10. The van der Waals surface area contributed by atoms with E-state index >= 15 is 0 Å². The van der Waals surface area contributed by atoms with Crippen molar-refractivity contribution in [2.24, 2.45) is 17.6 Å². The van der Waals surface area contributed by atoms with E-state index in [4.69, 9.17) is 5.73 Å². The van der Waals surface area contributed by atoms with Crippen LogP contribution in [-0.2, 0) is 6.42 Å². The Kier molecular flexibility index (Phi) is 6.25. The summed E-state index contributed by atoms with van der Waals surface area (Å²) in [6.45, 7) is 10.3. The highest BCUT2D eigenvalue weighted by molar-refractivity contribution is 5.25. The lowest BCUT2D eigenvalue weighted by Gasteiger charge is -2.33. The Morgan fingerprint density at radius 1 is 1.14 bits per heavy atom. The molecule has 0 saturated carbocycles. The van der Waals surface area contributed by atoms with Gasteiger partial charge in [-0.25, -0.2) is 0 Å². The maximum atomic E-state index is 6.40. The van der Waals surface area contributed by atoms with E-state index in [9.17, 15) is 0 Å². The fraction of sp³-hybridized carbons (Fsp3) is 0.684. The third-order valence-electron chi connectivity index (χ3n) is 4.79. The molecule has 1 aliphatic rings. The molecule has 2 N–H and O–H groups in total. The van der Waals surface area contributed by atoms with Crippen LogP contribution in [0.25, 0.3) is 0 Å². The van der Waals surface area contributed by atoms with Gasteiger partial charge in [0.25, 0.3) is 0 Å². The van der Waals surface area contributed by atoms with Crippen molar-refractivity contribution in [3.8, 4) is 0 Å². The molecule has 0 spiro atoms. The first-order valence-corrected chi connectivity index (χ1v) is 8.65. The Hall–Kier alpha value is -0.860. The molecule has 2 rings (SSSR count). The van der Waals surface area contributed by atoms with Gasteiger partial charge in [-0.05, 0) is 55.3 Å². The van der Waals surface area contributed by atoms with Crippen LogP contribution >= 0.6 is 0 Å². The standard InChI is InChI=1S/C19H32N2/c1-4-16-9-11-21(12-10-16)14-19(20)18-7-5-17(6-8-18)13-15(2)3/h5-8,15-16,19H,4,9-14,20H2,1-3H3. The average Bonchev–Trinajstić information content (AvgIpc) is 2.48. The summed E-state index contributed by atoms with van der Waals surface area (Å²) in [6, 6.07) is 9.09. The summed E-state index contributed by atoms with van der Waals surface area (Å²) in [7, 11) is 0. The molecule has 0 amide bonds. The normalized spacial score (nSPS) is 19.1. The molecule has 1 aliphatic heterocycles. The number of rotatable bonds is 6. The number of benzene rings is 1. The van der Waals surface area contributed by atoms with Crippen LogP contribution in [0.2, 0.25) is 0 Å². The van der Waals surface area contributed by atoms with Crippen LogP contribution in [0.3, 0.4) is 0 Å². The smallest absolute Gasteiger partial charge is 0.0424 e. The molecule has 118 valence electrons. The maximum absolute atomic E-state index is 6.40. The Bertz CT molecular complexity index is 402. The molecule has 0 radical (unpaired) electrons. The van der Waals surface area contributed by atoms with Crippen LogP contribution in [0, 0.1) is 11.8 Å². The molecule has 1 heterocycles. The van der Waals surface area contributed by atoms with Crippen molar-refractivity contribution in [3.63, 3.8) is 0 Å². The summed E-state index contributed by atoms with van der Waals surface area (Å²) in [5, 5.41) is 0. The van der Waals surface area contributed by atoms with Crippen molar-refractivity contribution in [1.29, 1.82) is 0 Å². The van der Waals surface area contributed by atoms with Gasteiger partial charge in [-0.1, -0.05) is 51.5 Å². The van der Waals surface area contributed by atoms with Crippen LogP contribution in [-0.4, -0.2) is 24.5 Å². The summed E-state index contributed by atoms with van der Waals surface area (Å²) in [5.74, 6) is 1.65. The number of nitrogens with zero attached hydrogens (tertiary/aromatic N) is 1. The van der Waals surface area contributed by atoms with E-state index in [0.29, 0.717) is 5.92 Å². The van der Waals surface area contributed by atoms with Gasteiger partial charge in [0.2, 0.25) is 0 Å². The molecule has 21 heavy (non-hydrogen) atoms. The first-order valence-electron chi connectivity index (χ1n) is 8.65. The fourth-order valence-electron chi connectivity index (χ4n) is 3.33. The number of nitrogens with two attached hydrogens (primary N) is 1. The van der Waals surface area contributed by atoms with Crippen molar-refractivity contribution < 1.29 is 0 Å². The van der Waals surface area contributed by atoms with Crippen LogP contribution in [0.4, 0.5) is 0 Å². The van der Waals surface area contributed by atoms with E-state index in [2.05, 4.69) is 49.9 Å².